The van der Waals surface area contributed by atoms with Crippen molar-refractivity contribution in [1.82, 2.24) is 14.8 Å². The van der Waals surface area contributed by atoms with Crippen molar-refractivity contribution in [2.45, 2.75) is 0 Å². The molecule has 0 aliphatic carbocycles. The molecular weight excluding hydrogens is 290 g/mol. The minimum atomic E-state index is -0.236. The predicted octanol–water partition coefficient (Wildman–Crippen LogP) is 2.97. The van der Waals surface area contributed by atoms with E-state index < -0.39 is 0 Å². The number of aromatic hydroxyl groups is 1. The van der Waals surface area contributed by atoms with Crippen molar-refractivity contribution in [2.24, 2.45) is 0 Å². The third-order valence-electron chi connectivity index (χ3n) is 3.38. The zero-order valence-electron chi connectivity index (χ0n) is 10.6. The number of halogens is 1. The fraction of sp³-hybridized carbons (Fsp3) is 0. The maximum atomic E-state index is 12.3. The second kappa shape index (κ2) is 4.17. The number of nitrogens with zero attached hydrogens (tertiary/aromatic N) is 3. The largest absolute Gasteiger partial charge is 0.508 e. The van der Waals surface area contributed by atoms with Gasteiger partial charge in [0.1, 0.15) is 5.75 Å². The SMILES string of the molecule is O=C1c2cc(Cl)ccc2-c2nc(-c3ccc(O)cc3)nn21. The third kappa shape index (κ3) is 1.75. The van der Waals surface area contributed by atoms with E-state index in [2.05, 4.69) is 10.1 Å². The molecule has 0 unspecified atom stereocenters. The molecule has 1 aliphatic heterocycles. The van der Waals surface area contributed by atoms with Crippen LogP contribution in [-0.4, -0.2) is 25.8 Å². The molecule has 5 nitrogen and oxygen atoms in total. The molecule has 0 bridgehead atoms. The standard InChI is InChI=1S/C15H8ClN3O2/c16-9-3-6-11-12(7-9)15(21)19-14(11)17-13(18-19)8-1-4-10(20)5-2-8/h1-7,20H. The summed E-state index contributed by atoms with van der Waals surface area (Å²) in [5, 5.41) is 14.1. The van der Waals surface area contributed by atoms with Crippen LogP contribution in [0.25, 0.3) is 22.8 Å². The molecule has 1 aromatic heterocycles. The van der Waals surface area contributed by atoms with Crippen molar-refractivity contribution in [2.75, 3.05) is 0 Å². The first-order valence-corrected chi connectivity index (χ1v) is 6.62. The quantitative estimate of drug-likeness (QED) is 0.586. The summed E-state index contributed by atoms with van der Waals surface area (Å²) >= 11 is 5.91. The number of phenolic OH excluding ortho intramolecular Hbond substituents is 1. The minimum Gasteiger partial charge on any atom is -0.508 e. The normalized spacial score (nSPS) is 12.3. The highest BCUT2D eigenvalue weighted by atomic mass is 35.5. The van der Waals surface area contributed by atoms with E-state index in [0.717, 1.165) is 11.1 Å². The summed E-state index contributed by atoms with van der Waals surface area (Å²) in [6.45, 7) is 0. The Kier molecular flexibility index (Phi) is 2.40. The molecule has 6 heteroatoms. The fourth-order valence-corrected chi connectivity index (χ4v) is 2.54. The average molecular weight is 298 g/mol. The molecule has 0 spiro atoms. The Labute approximate surface area is 124 Å². The van der Waals surface area contributed by atoms with E-state index in [9.17, 15) is 9.90 Å². The number of phenols is 1. The fourth-order valence-electron chi connectivity index (χ4n) is 2.36. The van der Waals surface area contributed by atoms with Gasteiger partial charge < -0.3 is 5.11 Å². The zero-order chi connectivity index (χ0) is 14.6. The Hall–Kier alpha value is -2.66. The topological polar surface area (TPSA) is 68.0 Å². The van der Waals surface area contributed by atoms with Crippen LogP contribution in [0.1, 0.15) is 10.4 Å². The molecule has 21 heavy (non-hydrogen) atoms. The van der Waals surface area contributed by atoms with E-state index in [1.54, 1.807) is 42.5 Å². The number of hydrogen-bond donors (Lipinski definition) is 1. The lowest BCUT2D eigenvalue weighted by atomic mass is 10.1. The van der Waals surface area contributed by atoms with Crippen LogP contribution in [0, 0.1) is 0 Å². The van der Waals surface area contributed by atoms with E-state index in [4.69, 9.17) is 11.6 Å². The van der Waals surface area contributed by atoms with Gasteiger partial charge in [0.05, 0.1) is 5.56 Å². The number of rotatable bonds is 1. The van der Waals surface area contributed by atoms with Gasteiger partial charge in [-0.15, -0.1) is 5.10 Å². The van der Waals surface area contributed by atoms with Gasteiger partial charge in [-0.2, -0.15) is 4.68 Å². The lowest BCUT2D eigenvalue weighted by Crippen LogP contribution is -2.08. The predicted molar refractivity (Wildman–Crippen MR) is 77.3 cm³/mol. The van der Waals surface area contributed by atoms with E-state index in [-0.39, 0.29) is 11.7 Å². The van der Waals surface area contributed by atoms with Gasteiger partial charge in [0.15, 0.2) is 11.6 Å². The van der Waals surface area contributed by atoms with Crippen molar-refractivity contribution in [3.63, 3.8) is 0 Å². The first kappa shape index (κ1) is 12.1. The van der Waals surface area contributed by atoms with E-state index in [1.807, 2.05) is 0 Å². The Morgan fingerprint density at radius 2 is 1.81 bits per heavy atom. The molecule has 3 aromatic rings. The summed E-state index contributed by atoms with van der Waals surface area (Å²) in [7, 11) is 0. The number of aromatic nitrogens is 3. The molecule has 0 saturated carbocycles. The lowest BCUT2D eigenvalue weighted by Gasteiger charge is -1.98. The molecule has 102 valence electrons. The summed E-state index contributed by atoms with van der Waals surface area (Å²) in [6, 6.07) is 11.6. The van der Waals surface area contributed by atoms with Crippen LogP contribution in [0.2, 0.25) is 5.02 Å². The van der Waals surface area contributed by atoms with Gasteiger partial charge in [-0.25, -0.2) is 4.98 Å². The van der Waals surface area contributed by atoms with E-state index in [0.29, 0.717) is 22.2 Å². The molecule has 0 atom stereocenters. The maximum absolute atomic E-state index is 12.3. The second-order valence-electron chi connectivity index (χ2n) is 4.71. The molecule has 0 saturated heterocycles. The van der Waals surface area contributed by atoms with Crippen LogP contribution in [-0.2, 0) is 0 Å². The van der Waals surface area contributed by atoms with Gasteiger partial charge >= 0.3 is 0 Å². The molecule has 2 heterocycles. The Bertz CT molecular complexity index is 884. The lowest BCUT2D eigenvalue weighted by molar-refractivity contribution is 0.0955. The molecular formula is C15H8ClN3O2. The van der Waals surface area contributed by atoms with Gasteiger partial charge in [-0.3, -0.25) is 4.79 Å². The van der Waals surface area contributed by atoms with Crippen LogP contribution in [0.15, 0.2) is 42.5 Å². The van der Waals surface area contributed by atoms with E-state index in [1.165, 1.54) is 4.68 Å². The van der Waals surface area contributed by atoms with Gasteiger partial charge in [-0.1, -0.05) is 11.6 Å². The highest BCUT2D eigenvalue weighted by Gasteiger charge is 2.30. The van der Waals surface area contributed by atoms with Crippen LogP contribution < -0.4 is 0 Å². The van der Waals surface area contributed by atoms with Crippen LogP contribution >= 0.6 is 11.6 Å². The number of carbonyl (C=O) groups is 1. The molecule has 1 aliphatic rings. The summed E-state index contributed by atoms with van der Waals surface area (Å²) < 4.78 is 1.28. The van der Waals surface area contributed by atoms with Crippen LogP contribution in [0.5, 0.6) is 5.75 Å². The summed E-state index contributed by atoms with van der Waals surface area (Å²) in [4.78, 5) is 16.7. The smallest absolute Gasteiger partial charge is 0.281 e. The summed E-state index contributed by atoms with van der Waals surface area (Å²) in [5.41, 5.74) is 1.97. The van der Waals surface area contributed by atoms with Crippen molar-refractivity contribution >= 4 is 17.5 Å². The second-order valence-corrected chi connectivity index (χ2v) is 5.15. The first-order chi connectivity index (χ1) is 10.1. The van der Waals surface area contributed by atoms with E-state index >= 15 is 0 Å². The van der Waals surface area contributed by atoms with Gasteiger partial charge in [-0.05, 0) is 42.5 Å². The maximum Gasteiger partial charge on any atom is 0.281 e. The zero-order valence-corrected chi connectivity index (χ0v) is 11.4. The number of carbonyl (C=O) groups excluding carboxylic acids is 1. The summed E-state index contributed by atoms with van der Waals surface area (Å²) in [6.07, 6.45) is 0. The monoisotopic (exact) mass is 297 g/mol. The van der Waals surface area contributed by atoms with Crippen molar-refractivity contribution < 1.29 is 9.90 Å². The van der Waals surface area contributed by atoms with Gasteiger partial charge in [0.2, 0.25) is 0 Å². The molecule has 1 N–H and O–H groups in total. The third-order valence-corrected chi connectivity index (χ3v) is 3.61. The van der Waals surface area contributed by atoms with Gasteiger partial charge in [0, 0.05) is 16.1 Å². The van der Waals surface area contributed by atoms with Crippen LogP contribution in [0.3, 0.4) is 0 Å². The summed E-state index contributed by atoms with van der Waals surface area (Å²) in [5.74, 6) is 0.885. The molecule has 0 fully saturated rings. The number of hydrogen-bond acceptors (Lipinski definition) is 4. The highest BCUT2D eigenvalue weighted by Crippen LogP contribution is 2.33. The molecule has 4 rings (SSSR count). The van der Waals surface area contributed by atoms with Crippen molar-refractivity contribution in [3.8, 4) is 28.5 Å². The van der Waals surface area contributed by atoms with Crippen molar-refractivity contribution in [3.05, 3.63) is 53.1 Å². The first-order valence-electron chi connectivity index (χ1n) is 6.24. The average Bonchev–Trinajstić information content (AvgIpc) is 3.00. The number of benzene rings is 2. The molecule has 2 aromatic carbocycles. The minimum absolute atomic E-state index is 0.168. The molecule has 0 radical (unpaired) electrons. The Balaban J connectivity index is 1.87. The van der Waals surface area contributed by atoms with Crippen molar-refractivity contribution in [1.29, 1.82) is 0 Å². The Morgan fingerprint density at radius 1 is 1.05 bits per heavy atom. The van der Waals surface area contributed by atoms with Crippen LogP contribution in [0.4, 0.5) is 0 Å². The molecule has 0 amide bonds. The number of fused-ring (bicyclic) bond motifs is 3. The van der Waals surface area contributed by atoms with Gasteiger partial charge in [0.25, 0.3) is 5.91 Å². The Morgan fingerprint density at radius 3 is 2.57 bits per heavy atom. The highest BCUT2D eigenvalue weighted by molar-refractivity contribution is 6.31.